The zero-order valence-corrected chi connectivity index (χ0v) is 19.4. The van der Waals surface area contributed by atoms with Gasteiger partial charge < -0.3 is 15.5 Å². The van der Waals surface area contributed by atoms with Gasteiger partial charge in [0.2, 0.25) is 5.91 Å². The van der Waals surface area contributed by atoms with Crippen LogP contribution in [0, 0.1) is 0 Å². The number of hydrogen-bond acceptors (Lipinski definition) is 4. The fraction of sp³-hybridized carbons (Fsp3) is 0.652. The van der Waals surface area contributed by atoms with E-state index in [0.717, 1.165) is 51.8 Å². The zero-order valence-electron chi connectivity index (χ0n) is 19.4. The maximum Gasteiger partial charge on any atom is 0.234 e. The Morgan fingerprint density at radius 3 is 2.40 bits per heavy atom. The first-order valence-electron chi connectivity index (χ1n) is 11.2. The summed E-state index contributed by atoms with van der Waals surface area (Å²) in [6.45, 7) is 14.8. The van der Waals surface area contributed by atoms with Crippen molar-refractivity contribution < 1.29 is 4.79 Å². The number of guanidine groups is 1. The van der Waals surface area contributed by atoms with Crippen LogP contribution >= 0.6 is 0 Å². The van der Waals surface area contributed by atoms with Crippen molar-refractivity contribution >= 4 is 11.9 Å². The van der Waals surface area contributed by atoms with Crippen LogP contribution in [0.4, 0.5) is 0 Å². The summed E-state index contributed by atoms with van der Waals surface area (Å²) in [5, 5.41) is 6.41. The maximum absolute atomic E-state index is 12.0. The summed E-state index contributed by atoms with van der Waals surface area (Å²) in [6.07, 6.45) is 0. The molecule has 1 aliphatic rings. The van der Waals surface area contributed by atoms with Gasteiger partial charge in [-0.2, -0.15) is 0 Å². The van der Waals surface area contributed by atoms with Crippen molar-refractivity contribution in [2.45, 2.75) is 46.3 Å². The van der Waals surface area contributed by atoms with Crippen LogP contribution in [-0.4, -0.2) is 91.5 Å². The monoisotopic (exact) mass is 416 g/mol. The van der Waals surface area contributed by atoms with Gasteiger partial charge in [-0.25, -0.2) is 0 Å². The van der Waals surface area contributed by atoms with Crippen molar-refractivity contribution in [3.8, 4) is 0 Å². The van der Waals surface area contributed by atoms with E-state index in [1.54, 1.807) is 0 Å². The maximum atomic E-state index is 12.0. The number of rotatable bonds is 9. The number of amides is 1. The highest BCUT2D eigenvalue weighted by molar-refractivity contribution is 5.80. The lowest BCUT2D eigenvalue weighted by Crippen LogP contribution is -2.54. The predicted molar refractivity (Wildman–Crippen MR) is 125 cm³/mol. The smallest absolute Gasteiger partial charge is 0.234 e. The molecule has 0 bridgehead atoms. The Hall–Kier alpha value is -2.12. The van der Waals surface area contributed by atoms with Crippen molar-refractivity contribution in [2.24, 2.45) is 4.99 Å². The molecule has 0 saturated carbocycles. The SMILES string of the molecule is CCNC(=NCC(C)N(C)Cc1ccccc1)N1CCN(CC(=O)NC(C)C)CC1. The number of hydrogen-bond donors (Lipinski definition) is 2. The quantitative estimate of drug-likeness (QED) is 0.473. The number of likely N-dealkylation sites (N-methyl/N-ethyl adjacent to an activating group) is 1. The van der Waals surface area contributed by atoms with Crippen LogP contribution in [0.2, 0.25) is 0 Å². The van der Waals surface area contributed by atoms with Crippen LogP contribution in [0.15, 0.2) is 35.3 Å². The number of carbonyl (C=O) groups excluding carboxylic acids is 1. The number of nitrogens with zero attached hydrogens (tertiary/aromatic N) is 4. The number of carbonyl (C=O) groups is 1. The van der Waals surface area contributed by atoms with Crippen LogP contribution in [0.25, 0.3) is 0 Å². The molecule has 2 rings (SSSR count). The zero-order chi connectivity index (χ0) is 21.9. The van der Waals surface area contributed by atoms with Gasteiger partial charge in [0.25, 0.3) is 0 Å². The minimum Gasteiger partial charge on any atom is -0.357 e. The molecule has 1 amide bonds. The third-order valence-corrected chi connectivity index (χ3v) is 5.36. The minimum absolute atomic E-state index is 0.106. The Labute approximate surface area is 182 Å². The highest BCUT2D eigenvalue weighted by Gasteiger charge is 2.21. The summed E-state index contributed by atoms with van der Waals surface area (Å²) < 4.78 is 0. The van der Waals surface area contributed by atoms with Crippen molar-refractivity contribution in [1.29, 1.82) is 0 Å². The molecule has 0 spiro atoms. The van der Waals surface area contributed by atoms with Gasteiger partial charge in [-0.1, -0.05) is 30.3 Å². The molecule has 0 aliphatic carbocycles. The van der Waals surface area contributed by atoms with E-state index in [1.165, 1.54) is 5.56 Å². The molecule has 1 aliphatic heterocycles. The molecule has 0 radical (unpaired) electrons. The number of nitrogens with one attached hydrogen (secondary N) is 2. The molecular weight excluding hydrogens is 376 g/mol. The van der Waals surface area contributed by atoms with E-state index in [1.807, 2.05) is 13.8 Å². The summed E-state index contributed by atoms with van der Waals surface area (Å²) in [5.41, 5.74) is 1.32. The second-order valence-electron chi connectivity index (χ2n) is 8.43. The molecule has 1 fully saturated rings. The van der Waals surface area contributed by atoms with Gasteiger partial charge in [0.15, 0.2) is 5.96 Å². The van der Waals surface area contributed by atoms with Gasteiger partial charge in [0, 0.05) is 51.4 Å². The Balaban J connectivity index is 1.84. The van der Waals surface area contributed by atoms with Gasteiger partial charge in [-0.3, -0.25) is 19.6 Å². The Kier molecular flexibility index (Phi) is 10.1. The first kappa shape index (κ1) is 24.2. The topological polar surface area (TPSA) is 63.2 Å². The highest BCUT2D eigenvalue weighted by atomic mass is 16.2. The number of benzene rings is 1. The van der Waals surface area contributed by atoms with E-state index in [0.29, 0.717) is 12.6 Å². The van der Waals surface area contributed by atoms with Crippen LogP contribution in [0.3, 0.4) is 0 Å². The van der Waals surface area contributed by atoms with Gasteiger partial charge in [0.1, 0.15) is 0 Å². The van der Waals surface area contributed by atoms with E-state index in [2.05, 4.69) is 76.6 Å². The summed E-state index contributed by atoms with van der Waals surface area (Å²) in [5.74, 6) is 1.08. The lowest BCUT2D eigenvalue weighted by Gasteiger charge is -2.36. The van der Waals surface area contributed by atoms with E-state index >= 15 is 0 Å². The van der Waals surface area contributed by atoms with E-state index in [4.69, 9.17) is 4.99 Å². The first-order chi connectivity index (χ1) is 14.4. The third-order valence-electron chi connectivity index (χ3n) is 5.36. The Morgan fingerprint density at radius 1 is 1.13 bits per heavy atom. The van der Waals surface area contributed by atoms with Crippen LogP contribution in [-0.2, 0) is 11.3 Å². The summed E-state index contributed by atoms with van der Waals surface area (Å²) in [4.78, 5) is 23.8. The van der Waals surface area contributed by atoms with Crippen molar-refractivity contribution in [1.82, 2.24) is 25.3 Å². The third kappa shape index (κ3) is 8.32. The standard InChI is InChI=1S/C23H40N6O/c1-6-24-23(25-16-20(4)27(5)17-21-10-8-7-9-11-21)29-14-12-28(13-15-29)18-22(30)26-19(2)3/h7-11,19-20H,6,12-18H2,1-5H3,(H,24,25)(H,26,30). The molecule has 7 heteroatoms. The first-order valence-corrected chi connectivity index (χ1v) is 11.2. The second-order valence-corrected chi connectivity index (χ2v) is 8.43. The predicted octanol–water partition coefficient (Wildman–Crippen LogP) is 1.61. The molecule has 1 heterocycles. The van der Waals surface area contributed by atoms with Crippen molar-refractivity contribution in [3.05, 3.63) is 35.9 Å². The van der Waals surface area contributed by atoms with E-state index in [-0.39, 0.29) is 11.9 Å². The van der Waals surface area contributed by atoms with Gasteiger partial charge in [0.05, 0.1) is 13.1 Å². The van der Waals surface area contributed by atoms with Crippen LogP contribution < -0.4 is 10.6 Å². The number of aliphatic imine (C=N–C) groups is 1. The van der Waals surface area contributed by atoms with Crippen molar-refractivity contribution in [3.63, 3.8) is 0 Å². The lowest BCUT2D eigenvalue weighted by molar-refractivity contribution is -0.123. The molecule has 2 N–H and O–H groups in total. The molecule has 30 heavy (non-hydrogen) atoms. The molecular formula is C23H40N6O. The largest absolute Gasteiger partial charge is 0.357 e. The molecule has 1 atom stereocenters. The molecule has 7 nitrogen and oxygen atoms in total. The van der Waals surface area contributed by atoms with E-state index < -0.39 is 0 Å². The molecule has 168 valence electrons. The molecule has 1 unspecified atom stereocenters. The average Bonchev–Trinajstić information content (AvgIpc) is 2.71. The Morgan fingerprint density at radius 2 is 1.80 bits per heavy atom. The van der Waals surface area contributed by atoms with Gasteiger partial charge in [-0.15, -0.1) is 0 Å². The van der Waals surface area contributed by atoms with Crippen molar-refractivity contribution in [2.75, 3.05) is 52.9 Å². The second kappa shape index (κ2) is 12.5. The van der Waals surface area contributed by atoms with Crippen LogP contribution in [0.1, 0.15) is 33.3 Å². The van der Waals surface area contributed by atoms with E-state index in [9.17, 15) is 4.79 Å². The lowest BCUT2D eigenvalue weighted by atomic mass is 10.2. The molecule has 1 aromatic rings. The summed E-state index contributed by atoms with van der Waals surface area (Å²) >= 11 is 0. The average molecular weight is 417 g/mol. The molecule has 0 aromatic heterocycles. The molecule has 1 aromatic carbocycles. The van der Waals surface area contributed by atoms with Crippen LogP contribution in [0.5, 0.6) is 0 Å². The highest BCUT2D eigenvalue weighted by Crippen LogP contribution is 2.07. The summed E-state index contributed by atoms with van der Waals surface area (Å²) in [6, 6.07) is 11.1. The fourth-order valence-corrected chi connectivity index (χ4v) is 3.50. The summed E-state index contributed by atoms with van der Waals surface area (Å²) in [7, 11) is 2.15. The number of piperazine rings is 1. The van der Waals surface area contributed by atoms with Gasteiger partial charge in [-0.05, 0) is 40.3 Å². The minimum atomic E-state index is 0.106. The van der Waals surface area contributed by atoms with Gasteiger partial charge >= 0.3 is 0 Å². The fourth-order valence-electron chi connectivity index (χ4n) is 3.50. The Bertz CT molecular complexity index is 655. The normalized spacial score (nSPS) is 16.8. The molecule has 1 saturated heterocycles.